The zero-order valence-electron chi connectivity index (χ0n) is 12.7. The molecule has 1 aromatic carbocycles. The molecule has 0 unspecified atom stereocenters. The fourth-order valence-corrected chi connectivity index (χ4v) is 2.23. The fourth-order valence-electron chi connectivity index (χ4n) is 2.23. The maximum absolute atomic E-state index is 12.1. The molecule has 1 amide bonds. The molecular weight excluding hydrogens is 252 g/mol. The van der Waals surface area contributed by atoms with Crippen LogP contribution in [0.4, 0.5) is 5.69 Å². The lowest BCUT2D eigenvalue weighted by molar-refractivity contribution is -0.117. The van der Waals surface area contributed by atoms with E-state index >= 15 is 0 Å². The lowest BCUT2D eigenvalue weighted by Gasteiger charge is -2.26. The van der Waals surface area contributed by atoms with Crippen molar-refractivity contribution in [1.29, 1.82) is 0 Å². The van der Waals surface area contributed by atoms with Gasteiger partial charge in [0, 0.05) is 6.42 Å². The number of benzene rings is 1. The molecule has 20 heavy (non-hydrogen) atoms. The van der Waals surface area contributed by atoms with Crippen LogP contribution in [0.5, 0.6) is 5.75 Å². The summed E-state index contributed by atoms with van der Waals surface area (Å²) in [7, 11) is 1.62. The van der Waals surface area contributed by atoms with Crippen molar-refractivity contribution in [3.05, 3.63) is 23.8 Å². The van der Waals surface area contributed by atoms with Gasteiger partial charge >= 0.3 is 0 Å². The highest BCUT2D eigenvalue weighted by atomic mass is 16.5. The summed E-state index contributed by atoms with van der Waals surface area (Å²) in [5.74, 6) is 1.23. The van der Waals surface area contributed by atoms with Gasteiger partial charge in [0.1, 0.15) is 5.75 Å². The molecule has 0 aromatic heterocycles. The van der Waals surface area contributed by atoms with Crippen LogP contribution in [0.25, 0.3) is 0 Å². The molecule has 4 heteroatoms. The monoisotopic (exact) mass is 276 g/mol. The van der Waals surface area contributed by atoms with E-state index in [9.17, 15) is 4.79 Å². The van der Waals surface area contributed by atoms with Crippen LogP contribution in [0.15, 0.2) is 18.2 Å². The first-order valence-corrected chi connectivity index (χ1v) is 7.09. The van der Waals surface area contributed by atoms with E-state index in [0.29, 0.717) is 18.1 Å². The van der Waals surface area contributed by atoms with E-state index in [1.807, 2.05) is 18.2 Å². The number of hydrogen-bond acceptors (Lipinski definition) is 3. The van der Waals surface area contributed by atoms with E-state index in [1.54, 1.807) is 7.11 Å². The molecule has 110 valence electrons. The molecule has 1 heterocycles. The summed E-state index contributed by atoms with van der Waals surface area (Å²) in [6.07, 6.45) is 0.565. The van der Waals surface area contributed by atoms with E-state index in [2.05, 4.69) is 31.4 Å². The van der Waals surface area contributed by atoms with Crippen LogP contribution >= 0.6 is 0 Å². The molecule has 0 bridgehead atoms. The van der Waals surface area contributed by atoms with Gasteiger partial charge in [0.25, 0.3) is 0 Å². The lowest BCUT2D eigenvalue weighted by Crippen LogP contribution is -2.43. The molecule has 0 saturated carbocycles. The lowest BCUT2D eigenvalue weighted by atomic mass is 9.86. The average molecular weight is 276 g/mol. The molecular formula is C16H24N2O2. The predicted molar refractivity (Wildman–Crippen MR) is 81.3 cm³/mol. The molecule has 2 rings (SSSR count). The normalized spacial score (nSPS) is 15.6. The molecule has 0 aliphatic carbocycles. The standard InChI is InChI=1S/C16H24N2O2/c1-16(2,3)12-5-6-14(20-4)13(8-12)18-15(19)7-11-9-17-10-11/h5-6,8,11,17H,7,9-10H2,1-4H3,(H,18,19). The van der Waals surface area contributed by atoms with Crippen molar-refractivity contribution in [1.82, 2.24) is 5.32 Å². The minimum Gasteiger partial charge on any atom is -0.495 e. The van der Waals surface area contributed by atoms with Gasteiger partial charge in [-0.3, -0.25) is 4.79 Å². The largest absolute Gasteiger partial charge is 0.495 e. The second-order valence-corrected chi connectivity index (χ2v) is 6.44. The first-order chi connectivity index (χ1) is 9.40. The maximum Gasteiger partial charge on any atom is 0.224 e. The zero-order valence-corrected chi connectivity index (χ0v) is 12.7. The van der Waals surface area contributed by atoms with E-state index in [-0.39, 0.29) is 11.3 Å². The van der Waals surface area contributed by atoms with E-state index in [0.717, 1.165) is 18.8 Å². The predicted octanol–water partition coefficient (Wildman–Crippen LogP) is 2.54. The molecule has 1 saturated heterocycles. The summed E-state index contributed by atoms with van der Waals surface area (Å²) in [6, 6.07) is 5.97. The highest BCUT2D eigenvalue weighted by molar-refractivity contribution is 5.92. The number of hydrogen-bond donors (Lipinski definition) is 2. The molecule has 4 nitrogen and oxygen atoms in total. The summed E-state index contributed by atoms with van der Waals surface area (Å²) >= 11 is 0. The summed E-state index contributed by atoms with van der Waals surface area (Å²) < 4.78 is 5.33. The highest BCUT2D eigenvalue weighted by Gasteiger charge is 2.21. The van der Waals surface area contributed by atoms with Crippen molar-refractivity contribution < 1.29 is 9.53 Å². The van der Waals surface area contributed by atoms with Gasteiger partial charge in [0.05, 0.1) is 12.8 Å². The number of carbonyl (C=O) groups excluding carboxylic acids is 1. The third-order valence-corrected chi connectivity index (χ3v) is 3.68. The fraction of sp³-hybridized carbons (Fsp3) is 0.562. The molecule has 0 spiro atoms. The van der Waals surface area contributed by atoms with Crippen LogP contribution in [0.2, 0.25) is 0 Å². The van der Waals surface area contributed by atoms with Crippen LogP contribution in [-0.2, 0) is 10.2 Å². The Balaban J connectivity index is 2.13. The van der Waals surface area contributed by atoms with Crippen LogP contribution in [-0.4, -0.2) is 26.1 Å². The molecule has 0 radical (unpaired) electrons. The average Bonchev–Trinajstić information content (AvgIpc) is 2.33. The van der Waals surface area contributed by atoms with E-state index < -0.39 is 0 Å². The quantitative estimate of drug-likeness (QED) is 0.888. The Labute approximate surface area is 120 Å². The minimum atomic E-state index is 0.0453. The minimum absolute atomic E-state index is 0.0453. The van der Waals surface area contributed by atoms with Crippen molar-refractivity contribution >= 4 is 11.6 Å². The third kappa shape index (κ3) is 3.51. The Morgan fingerprint density at radius 2 is 2.10 bits per heavy atom. The van der Waals surface area contributed by atoms with Gasteiger partial charge in [0.2, 0.25) is 5.91 Å². The number of anilines is 1. The zero-order chi connectivity index (χ0) is 14.8. The Hall–Kier alpha value is -1.55. The summed E-state index contributed by atoms with van der Waals surface area (Å²) in [5.41, 5.74) is 1.99. The first kappa shape index (κ1) is 14.9. The van der Waals surface area contributed by atoms with Gasteiger partial charge in [-0.25, -0.2) is 0 Å². The molecule has 1 fully saturated rings. The van der Waals surface area contributed by atoms with Gasteiger partial charge in [-0.05, 0) is 42.1 Å². The van der Waals surface area contributed by atoms with Crippen molar-refractivity contribution in [2.24, 2.45) is 5.92 Å². The second kappa shape index (κ2) is 5.83. The second-order valence-electron chi connectivity index (χ2n) is 6.44. The topological polar surface area (TPSA) is 50.4 Å². The number of amides is 1. The van der Waals surface area contributed by atoms with Gasteiger partial charge in [-0.2, -0.15) is 0 Å². The van der Waals surface area contributed by atoms with E-state index in [1.165, 1.54) is 5.56 Å². The Morgan fingerprint density at radius 1 is 1.40 bits per heavy atom. The van der Waals surface area contributed by atoms with Gasteiger partial charge < -0.3 is 15.4 Å². The molecule has 1 aliphatic heterocycles. The van der Waals surface area contributed by atoms with Crippen molar-refractivity contribution in [3.8, 4) is 5.75 Å². The smallest absolute Gasteiger partial charge is 0.224 e. The molecule has 0 atom stereocenters. The number of ether oxygens (including phenoxy) is 1. The summed E-state index contributed by atoms with van der Waals surface area (Å²) in [6.45, 7) is 8.33. The Kier molecular flexibility index (Phi) is 4.33. The van der Waals surface area contributed by atoms with Gasteiger partial charge in [-0.1, -0.05) is 26.8 Å². The number of nitrogens with one attached hydrogen (secondary N) is 2. The van der Waals surface area contributed by atoms with Crippen molar-refractivity contribution in [3.63, 3.8) is 0 Å². The molecule has 2 N–H and O–H groups in total. The maximum atomic E-state index is 12.1. The summed E-state index contributed by atoms with van der Waals surface area (Å²) in [5, 5.41) is 6.16. The van der Waals surface area contributed by atoms with Crippen LogP contribution < -0.4 is 15.4 Å². The molecule has 1 aromatic rings. The van der Waals surface area contributed by atoms with Crippen LogP contribution in [0.1, 0.15) is 32.8 Å². The van der Waals surface area contributed by atoms with Crippen LogP contribution in [0.3, 0.4) is 0 Å². The van der Waals surface area contributed by atoms with Gasteiger partial charge in [-0.15, -0.1) is 0 Å². The number of methoxy groups -OCH3 is 1. The number of carbonyl (C=O) groups is 1. The summed E-state index contributed by atoms with van der Waals surface area (Å²) in [4.78, 5) is 12.1. The SMILES string of the molecule is COc1ccc(C(C)(C)C)cc1NC(=O)CC1CNC1. The number of rotatable bonds is 4. The highest BCUT2D eigenvalue weighted by Crippen LogP contribution is 2.31. The van der Waals surface area contributed by atoms with Crippen molar-refractivity contribution in [2.45, 2.75) is 32.6 Å². The first-order valence-electron chi connectivity index (χ1n) is 7.09. The Bertz CT molecular complexity index is 488. The molecule has 1 aliphatic rings. The van der Waals surface area contributed by atoms with E-state index in [4.69, 9.17) is 4.74 Å². The van der Waals surface area contributed by atoms with Crippen molar-refractivity contribution in [2.75, 3.05) is 25.5 Å². The van der Waals surface area contributed by atoms with Crippen LogP contribution in [0, 0.1) is 5.92 Å². The third-order valence-electron chi connectivity index (χ3n) is 3.68. The van der Waals surface area contributed by atoms with Gasteiger partial charge in [0.15, 0.2) is 0 Å². The Morgan fingerprint density at radius 3 is 2.60 bits per heavy atom.